The molecule has 1 aromatic heterocycles. The van der Waals surface area contributed by atoms with Crippen LogP contribution in [0.4, 0.5) is 0 Å². The molecule has 2 atom stereocenters. The molecule has 0 bridgehead atoms. The molecule has 0 unspecified atom stereocenters. The predicted molar refractivity (Wildman–Crippen MR) is 125 cm³/mol. The SMILES string of the molecule is COc1ccc([C@H](CNC(=O)[C@@H]2CCCN(S(=O)(=O)c3cccs3)C2)N2CCCC2)cc1. The van der Waals surface area contributed by atoms with Crippen LogP contribution in [0, 0.1) is 5.92 Å². The van der Waals surface area contributed by atoms with Gasteiger partial charge in [0, 0.05) is 19.6 Å². The van der Waals surface area contributed by atoms with E-state index in [-0.39, 0.29) is 24.4 Å². The largest absolute Gasteiger partial charge is 0.497 e. The van der Waals surface area contributed by atoms with Gasteiger partial charge in [0.1, 0.15) is 9.96 Å². The van der Waals surface area contributed by atoms with E-state index >= 15 is 0 Å². The lowest BCUT2D eigenvalue weighted by molar-refractivity contribution is -0.126. The molecule has 1 aromatic carbocycles. The van der Waals surface area contributed by atoms with Crippen molar-refractivity contribution in [3.63, 3.8) is 0 Å². The minimum absolute atomic E-state index is 0.0613. The quantitative estimate of drug-likeness (QED) is 0.632. The molecule has 1 amide bonds. The Balaban J connectivity index is 1.41. The molecule has 32 heavy (non-hydrogen) atoms. The number of thiophene rings is 1. The lowest BCUT2D eigenvalue weighted by Gasteiger charge is -2.32. The van der Waals surface area contributed by atoms with Crippen LogP contribution < -0.4 is 10.1 Å². The normalized spacial score (nSPS) is 21.3. The molecule has 2 aromatic rings. The molecule has 0 aliphatic carbocycles. The summed E-state index contributed by atoms with van der Waals surface area (Å²) in [4.78, 5) is 15.5. The van der Waals surface area contributed by atoms with Gasteiger partial charge < -0.3 is 10.1 Å². The summed E-state index contributed by atoms with van der Waals surface area (Å²) in [6, 6.07) is 11.5. The molecule has 0 saturated carbocycles. The monoisotopic (exact) mass is 477 g/mol. The Bertz CT molecular complexity index is 987. The number of amides is 1. The summed E-state index contributed by atoms with van der Waals surface area (Å²) in [6.07, 6.45) is 3.73. The molecule has 3 heterocycles. The van der Waals surface area contributed by atoms with Crippen molar-refractivity contribution in [2.45, 2.75) is 35.9 Å². The summed E-state index contributed by atoms with van der Waals surface area (Å²) in [5.41, 5.74) is 1.15. The van der Waals surface area contributed by atoms with E-state index in [1.807, 2.05) is 12.1 Å². The summed E-state index contributed by atoms with van der Waals surface area (Å²) in [5, 5.41) is 4.90. The maximum atomic E-state index is 13.0. The van der Waals surface area contributed by atoms with Crippen LogP contribution >= 0.6 is 11.3 Å². The fourth-order valence-corrected chi connectivity index (χ4v) is 7.26. The van der Waals surface area contributed by atoms with Gasteiger partial charge >= 0.3 is 0 Å². The zero-order chi connectivity index (χ0) is 22.6. The molecule has 2 aliphatic heterocycles. The van der Waals surface area contributed by atoms with E-state index in [4.69, 9.17) is 4.74 Å². The van der Waals surface area contributed by atoms with Crippen LogP contribution in [-0.4, -0.2) is 63.4 Å². The van der Waals surface area contributed by atoms with Crippen LogP contribution in [0.3, 0.4) is 0 Å². The van der Waals surface area contributed by atoms with E-state index < -0.39 is 10.0 Å². The van der Waals surface area contributed by atoms with Crippen molar-refractivity contribution in [2.24, 2.45) is 5.92 Å². The lowest BCUT2D eigenvalue weighted by Crippen LogP contribution is -2.46. The second-order valence-corrected chi connectivity index (χ2v) is 11.5. The number of methoxy groups -OCH3 is 1. The summed E-state index contributed by atoms with van der Waals surface area (Å²) in [6.45, 7) is 3.25. The third kappa shape index (κ3) is 5.17. The summed E-state index contributed by atoms with van der Waals surface area (Å²) in [7, 11) is -1.88. The molecule has 7 nitrogen and oxygen atoms in total. The van der Waals surface area contributed by atoms with Gasteiger partial charge in [0.25, 0.3) is 10.0 Å². The topological polar surface area (TPSA) is 79.0 Å². The van der Waals surface area contributed by atoms with E-state index in [1.54, 1.807) is 24.6 Å². The molecular weight excluding hydrogens is 446 g/mol. The van der Waals surface area contributed by atoms with Gasteiger partial charge in [-0.2, -0.15) is 4.31 Å². The van der Waals surface area contributed by atoms with Crippen LogP contribution in [0.15, 0.2) is 46.0 Å². The van der Waals surface area contributed by atoms with Crippen molar-refractivity contribution in [3.05, 3.63) is 47.3 Å². The highest BCUT2D eigenvalue weighted by molar-refractivity contribution is 7.91. The number of nitrogens with zero attached hydrogens (tertiary/aromatic N) is 2. The van der Waals surface area contributed by atoms with Crippen LogP contribution in [0.1, 0.15) is 37.3 Å². The summed E-state index contributed by atoms with van der Waals surface area (Å²) in [5.74, 6) is 0.426. The van der Waals surface area contributed by atoms with Crippen molar-refractivity contribution in [1.82, 2.24) is 14.5 Å². The first-order chi connectivity index (χ1) is 15.5. The first-order valence-electron chi connectivity index (χ1n) is 11.2. The fraction of sp³-hybridized carbons (Fsp3) is 0.522. The third-order valence-corrected chi connectivity index (χ3v) is 9.63. The van der Waals surface area contributed by atoms with Gasteiger partial charge in [0.2, 0.25) is 5.91 Å². The number of carbonyl (C=O) groups excluding carboxylic acids is 1. The van der Waals surface area contributed by atoms with Crippen molar-refractivity contribution < 1.29 is 17.9 Å². The maximum Gasteiger partial charge on any atom is 0.252 e. The first kappa shape index (κ1) is 23.2. The number of sulfonamides is 1. The minimum Gasteiger partial charge on any atom is -0.497 e. The Labute approximate surface area is 194 Å². The van der Waals surface area contributed by atoms with Gasteiger partial charge in [-0.3, -0.25) is 9.69 Å². The average molecular weight is 478 g/mol. The van der Waals surface area contributed by atoms with Crippen LogP contribution in [0.25, 0.3) is 0 Å². The van der Waals surface area contributed by atoms with Gasteiger partial charge in [-0.1, -0.05) is 18.2 Å². The molecule has 1 N–H and O–H groups in total. The molecule has 0 spiro atoms. The van der Waals surface area contributed by atoms with Crippen LogP contribution in [0.5, 0.6) is 5.75 Å². The molecule has 0 radical (unpaired) electrons. The maximum absolute atomic E-state index is 13.0. The fourth-order valence-electron chi connectivity index (χ4n) is 4.59. The number of piperidine rings is 1. The molecule has 174 valence electrons. The summed E-state index contributed by atoms with van der Waals surface area (Å²) < 4.78 is 32.8. The standard InChI is InChI=1S/C23H31N3O4S2/c1-30-20-10-8-18(9-11-20)21(25-12-2-3-13-25)16-24-23(27)19-6-4-14-26(17-19)32(28,29)22-7-5-15-31-22/h5,7-11,15,19,21H,2-4,6,12-14,16-17H2,1H3,(H,24,27)/t19-,21+/m1/s1. The van der Waals surface area contributed by atoms with Gasteiger partial charge in [0.15, 0.2) is 0 Å². The zero-order valence-corrected chi connectivity index (χ0v) is 20.0. The van der Waals surface area contributed by atoms with E-state index in [0.29, 0.717) is 30.1 Å². The highest BCUT2D eigenvalue weighted by Gasteiger charge is 2.34. The number of benzene rings is 1. The Hall–Kier alpha value is -1.94. The number of rotatable bonds is 8. The molecule has 2 aliphatic rings. The van der Waals surface area contributed by atoms with Gasteiger partial charge in [-0.25, -0.2) is 8.42 Å². The Kier molecular flexibility index (Phi) is 7.50. The van der Waals surface area contributed by atoms with Crippen molar-refractivity contribution in [3.8, 4) is 5.75 Å². The Morgan fingerprint density at radius 1 is 1.16 bits per heavy atom. The second kappa shape index (κ2) is 10.3. The zero-order valence-electron chi connectivity index (χ0n) is 18.4. The van der Waals surface area contributed by atoms with Crippen molar-refractivity contribution in [2.75, 3.05) is 39.8 Å². The van der Waals surface area contributed by atoms with E-state index in [1.165, 1.54) is 28.5 Å². The molecule has 4 rings (SSSR count). The number of carbonyl (C=O) groups is 1. The first-order valence-corrected chi connectivity index (χ1v) is 13.5. The smallest absolute Gasteiger partial charge is 0.252 e. The lowest BCUT2D eigenvalue weighted by atomic mass is 9.98. The molecule has 9 heteroatoms. The molecule has 2 fully saturated rings. The van der Waals surface area contributed by atoms with Crippen molar-refractivity contribution in [1.29, 1.82) is 0 Å². The van der Waals surface area contributed by atoms with Gasteiger partial charge in [-0.15, -0.1) is 11.3 Å². The highest BCUT2D eigenvalue weighted by atomic mass is 32.2. The van der Waals surface area contributed by atoms with E-state index in [0.717, 1.165) is 24.4 Å². The minimum atomic E-state index is -3.53. The molecule has 2 saturated heterocycles. The van der Waals surface area contributed by atoms with Crippen LogP contribution in [0.2, 0.25) is 0 Å². The third-order valence-electron chi connectivity index (χ3n) is 6.40. The Morgan fingerprint density at radius 2 is 1.91 bits per heavy atom. The number of hydrogen-bond donors (Lipinski definition) is 1. The predicted octanol–water partition coefficient (Wildman–Crippen LogP) is 3.11. The second-order valence-electron chi connectivity index (χ2n) is 8.41. The average Bonchev–Trinajstić information content (AvgIpc) is 3.55. The number of likely N-dealkylation sites (tertiary alicyclic amines) is 1. The summed E-state index contributed by atoms with van der Waals surface area (Å²) >= 11 is 1.22. The van der Waals surface area contributed by atoms with Crippen molar-refractivity contribution >= 4 is 27.3 Å². The van der Waals surface area contributed by atoms with Gasteiger partial charge in [0.05, 0.1) is 19.1 Å². The highest BCUT2D eigenvalue weighted by Crippen LogP contribution is 2.28. The van der Waals surface area contributed by atoms with E-state index in [9.17, 15) is 13.2 Å². The van der Waals surface area contributed by atoms with Gasteiger partial charge in [-0.05, 0) is 67.9 Å². The van der Waals surface area contributed by atoms with E-state index in [2.05, 4.69) is 22.3 Å². The van der Waals surface area contributed by atoms with Crippen LogP contribution in [-0.2, 0) is 14.8 Å². The number of hydrogen-bond acceptors (Lipinski definition) is 6. The number of nitrogens with one attached hydrogen (secondary N) is 1. The number of ether oxygens (including phenoxy) is 1. The molecular formula is C23H31N3O4S2. The Morgan fingerprint density at radius 3 is 2.56 bits per heavy atom.